The lowest BCUT2D eigenvalue weighted by molar-refractivity contribution is -0.121. The number of fused-ring (bicyclic) bond motifs is 1. The summed E-state index contributed by atoms with van der Waals surface area (Å²) in [6, 6.07) is 4.74. The molecular formula is C24H25F2N5O2S. The number of carbonyl (C=O) groups is 1. The zero-order valence-corrected chi connectivity index (χ0v) is 20.3. The van der Waals surface area contributed by atoms with E-state index in [9.17, 15) is 18.4 Å². The number of rotatable bonds is 6. The van der Waals surface area contributed by atoms with Crippen LogP contribution in [0, 0.1) is 31.4 Å². The first-order valence-corrected chi connectivity index (χ1v) is 11.8. The molecule has 0 aliphatic rings. The van der Waals surface area contributed by atoms with Gasteiger partial charge in [-0.05, 0) is 44.9 Å². The maximum absolute atomic E-state index is 14.3. The van der Waals surface area contributed by atoms with Crippen LogP contribution in [0.3, 0.4) is 0 Å². The molecule has 3 heterocycles. The van der Waals surface area contributed by atoms with Gasteiger partial charge in [0, 0.05) is 28.9 Å². The normalized spacial score (nSPS) is 12.5. The molecule has 4 rings (SSSR count). The molecule has 0 fully saturated rings. The minimum atomic E-state index is -0.636. The van der Waals surface area contributed by atoms with Crippen LogP contribution in [0.15, 0.2) is 34.4 Å². The highest BCUT2D eigenvalue weighted by atomic mass is 32.1. The van der Waals surface area contributed by atoms with E-state index in [1.807, 2.05) is 20.8 Å². The number of hydrogen-bond acceptors (Lipinski definition) is 5. The van der Waals surface area contributed by atoms with Crippen LogP contribution < -0.4 is 10.9 Å². The smallest absolute Gasteiger partial charge is 0.268 e. The lowest BCUT2D eigenvalue weighted by Gasteiger charge is -2.17. The van der Waals surface area contributed by atoms with E-state index in [1.54, 1.807) is 25.3 Å². The number of hydrogen-bond donors (Lipinski definition) is 1. The van der Waals surface area contributed by atoms with Gasteiger partial charge in [0.05, 0.1) is 17.7 Å². The van der Waals surface area contributed by atoms with E-state index < -0.39 is 11.6 Å². The molecule has 0 spiro atoms. The Morgan fingerprint density at radius 2 is 1.91 bits per heavy atom. The Bertz CT molecular complexity index is 1450. The Morgan fingerprint density at radius 1 is 1.18 bits per heavy atom. The molecule has 0 bridgehead atoms. The van der Waals surface area contributed by atoms with Gasteiger partial charge in [0.1, 0.15) is 23.0 Å². The summed E-state index contributed by atoms with van der Waals surface area (Å²) in [6.45, 7) is 9.36. The summed E-state index contributed by atoms with van der Waals surface area (Å²) in [5.74, 6) is -1.14. The van der Waals surface area contributed by atoms with Crippen molar-refractivity contribution >= 4 is 22.2 Å². The SMILES string of the molecule is Cc1nc2scc(CC(=O)NC(C)C(C)C)n2c(=O)c1-c1cc(C)n(-c2cc(F)ccc2F)n1. The van der Waals surface area contributed by atoms with Crippen molar-refractivity contribution in [2.75, 3.05) is 0 Å². The van der Waals surface area contributed by atoms with E-state index in [-0.39, 0.29) is 41.1 Å². The maximum Gasteiger partial charge on any atom is 0.268 e. The minimum Gasteiger partial charge on any atom is -0.353 e. The van der Waals surface area contributed by atoms with E-state index in [0.717, 1.165) is 18.2 Å². The Hall–Kier alpha value is -3.40. The van der Waals surface area contributed by atoms with E-state index >= 15 is 0 Å². The lowest BCUT2D eigenvalue weighted by atomic mass is 10.1. The Kier molecular flexibility index (Phi) is 6.35. The average Bonchev–Trinajstić information content (AvgIpc) is 3.33. The Labute approximate surface area is 199 Å². The fourth-order valence-electron chi connectivity index (χ4n) is 3.65. The van der Waals surface area contributed by atoms with Crippen molar-refractivity contribution in [3.8, 4) is 16.9 Å². The highest BCUT2D eigenvalue weighted by Gasteiger charge is 2.21. The molecule has 1 unspecified atom stereocenters. The molecule has 3 aromatic heterocycles. The van der Waals surface area contributed by atoms with Crippen molar-refractivity contribution < 1.29 is 13.6 Å². The Morgan fingerprint density at radius 3 is 2.62 bits per heavy atom. The number of amides is 1. The first kappa shape index (κ1) is 23.7. The zero-order chi connectivity index (χ0) is 24.7. The monoisotopic (exact) mass is 485 g/mol. The van der Waals surface area contributed by atoms with Gasteiger partial charge in [0.15, 0.2) is 4.96 Å². The predicted octanol–water partition coefficient (Wildman–Crippen LogP) is 4.21. The quantitative estimate of drug-likeness (QED) is 0.444. The van der Waals surface area contributed by atoms with Gasteiger partial charge < -0.3 is 5.32 Å². The number of aryl methyl sites for hydroxylation is 2. The van der Waals surface area contributed by atoms with Gasteiger partial charge in [0.25, 0.3) is 5.56 Å². The van der Waals surface area contributed by atoms with Gasteiger partial charge >= 0.3 is 0 Å². The predicted molar refractivity (Wildman–Crippen MR) is 127 cm³/mol. The molecule has 1 aromatic carbocycles. The number of carbonyl (C=O) groups excluding carboxylic acids is 1. The van der Waals surface area contributed by atoms with Crippen molar-refractivity contribution in [2.45, 2.75) is 47.1 Å². The minimum absolute atomic E-state index is 0.000195. The average molecular weight is 486 g/mol. The van der Waals surface area contributed by atoms with Crippen LogP contribution in [-0.2, 0) is 11.2 Å². The molecule has 0 aliphatic carbocycles. The third-order valence-electron chi connectivity index (χ3n) is 5.83. The first-order chi connectivity index (χ1) is 16.1. The van der Waals surface area contributed by atoms with Crippen LogP contribution in [0.5, 0.6) is 0 Å². The van der Waals surface area contributed by atoms with Gasteiger partial charge in [-0.15, -0.1) is 11.3 Å². The summed E-state index contributed by atoms with van der Waals surface area (Å²) in [4.78, 5) is 31.1. The third kappa shape index (κ3) is 4.37. The number of thiazole rings is 1. The lowest BCUT2D eigenvalue weighted by Crippen LogP contribution is -2.37. The van der Waals surface area contributed by atoms with Gasteiger partial charge in [-0.25, -0.2) is 18.4 Å². The van der Waals surface area contributed by atoms with Crippen LogP contribution in [-0.4, -0.2) is 31.1 Å². The summed E-state index contributed by atoms with van der Waals surface area (Å²) in [7, 11) is 0. The van der Waals surface area contributed by atoms with Crippen molar-refractivity contribution in [1.29, 1.82) is 0 Å². The standard InChI is InChI=1S/C24H25F2N5O2S/c1-12(2)14(4)27-21(32)10-17-11-34-24-28-15(5)22(23(33)30(17)24)19-8-13(3)31(29-19)20-9-16(25)6-7-18(20)26/h6-9,11-12,14H,10H2,1-5H3,(H,27,32). The van der Waals surface area contributed by atoms with Crippen LogP contribution in [0.25, 0.3) is 21.9 Å². The number of nitrogens with zero attached hydrogens (tertiary/aromatic N) is 4. The van der Waals surface area contributed by atoms with E-state index in [1.165, 1.54) is 20.4 Å². The summed E-state index contributed by atoms with van der Waals surface area (Å²) < 4.78 is 30.8. The van der Waals surface area contributed by atoms with E-state index in [2.05, 4.69) is 15.4 Å². The fourth-order valence-corrected chi connectivity index (χ4v) is 4.57. The van der Waals surface area contributed by atoms with Crippen molar-refractivity contribution in [3.63, 3.8) is 0 Å². The van der Waals surface area contributed by atoms with E-state index in [0.29, 0.717) is 27.7 Å². The van der Waals surface area contributed by atoms with Crippen LogP contribution >= 0.6 is 11.3 Å². The highest BCUT2D eigenvalue weighted by molar-refractivity contribution is 7.15. The molecule has 1 N–H and O–H groups in total. The summed E-state index contributed by atoms with van der Waals surface area (Å²) in [5.41, 5.74) is 1.62. The zero-order valence-electron chi connectivity index (χ0n) is 19.5. The summed E-state index contributed by atoms with van der Waals surface area (Å²) in [6.07, 6.45) is 0.0309. The molecule has 1 amide bonds. The Balaban J connectivity index is 1.78. The molecule has 0 saturated carbocycles. The third-order valence-corrected chi connectivity index (χ3v) is 6.71. The number of benzene rings is 1. The van der Waals surface area contributed by atoms with Gasteiger partial charge in [-0.3, -0.25) is 14.0 Å². The van der Waals surface area contributed by atoms with Crippen molar-refractivity contribution in [2.24, 2.45) is 5.92 Å². The topological polar surface area (TPSA) is 81.3 Å². The number of halogens is 2. The van der Waals surface area contributed by atoms with Crippen molar-refractivity contribution in [3.05, 3.63) is 68.7 Å². The second-order valence-electron chi connectivity index (χ2n) is 8.68. The first-order valence-electron chi connectivity index (χ1n) is 10.9. The van der Waals surface area contributed by atoms with Crippen LogP contribution in [0.2, 0.25) is 0 Å². The molecule has 1 atom stereocenters. The highest BCUT2D eigenvalue weighted by Crippen LogP contribution is 2.24. The molecule has 0 saturated heterocycles. The molecular weight excluding hydrogens is 460 g/mol. The summed E-state index contributed by atoms with van der Waals surface area (Å²) >= 11 is 1.28. The van der Waals surface area contributed by atoms with Gasteiger partial charge in [-0.2, -0.15) is 5.10 Å². The second-order valence-corrected chi connectivity index (χ2v) is 9.51. The van der Waals surface area contributed by atoms with Gasteiger partial charge in [-0.1, -0.05) is 13.8 Å². The van der Waals surface area contributed by atoms with Crippen molar-refractivity contribution in [1.82, 2.24) is 24.5 Å². The number of aromatic nitrogens is 4. The molecule has 0 aliphatic heterocycles. The van der Waals surface area contributed by atoms with Crippen LogP contribution in [0.4, 0.5) is 8.78 Å². The number of nitrogens with one attached hydrogen (secondary N) is 1. The van der Waals surface area contributed by atoms with E-state index in [4.69, 9.17) is 0 Å². The largest absolute Gasteiger partial charge is 0.353 e. The molecule has 34 heavy (non-hydrogen) atoms. The van der Waals surface area contributed by atoms with Crippen LogP contribution in [0.1, 0.15) is 37.9 Å². The molecule has 4 aromatic rings. The fraction of sp³-hybridized carbons (Fsp3) is 0.333. The molecule has 0 radical (unpaired) electrons. The maximum atomic E-state index is 14.3. The molecule has 10 heteroatoms. The summed E-state index contributed by atoms with van der Waals surface area (Å²) in [5, 5.41) is 9.09. The molecule has 178 valence electrons. The van der Waals surface area contributed by atoms with Gasteiger partial charge in [0.2, 0.25) is 5.91 Å². The second kappa shape index (κ2) is 9.09. The molecule has 7 nitrogen and oxygen atoms in total.